The van der Waals surface area contributed by atoms with Gasteiger partial charge >= 0.3 is 0 Å². The van der Waals surface area contributed by atoms with E-state index in [0.717, 1.165) is 19.0 Å². The maximum absolute atomic E-state index is 8.46. The van der Waals surface area contributed by atoms with Gasteiger partial charge in [0.15, 0.2) is 0 Å². The Morgan fingerprint density at radius 2 is 2.50 bits per heavy atom. The van der Waals surface area contributed by atoms with Gasteiger partial charge in [-0.3, -0.25) is 0 Å². The third-order valence-corrected chi connectivity index (χ3v) is 2.34. The smallest absolute Gasteiger partial charge is 0.0625 e. The van der Waals surface area contributed by atoms with Gasteiger partial charge in [0.25, 0.3) is 0 Å². The molecule has 1 saturated heterocycles. The van der Waals surface area contributed by atoms with Crippen molar-refractivity contribution >= 4 is 0 Å². The molecular weight excluding hydrogens is 124 g/mol. The lowest BCUT2D eigenvalue weighted by atomic mass is 9.86. The van der Waals surface area contributed by atoms with E-state index in [0.29, 0.717) is 12.3 Å². The molecule has 0 aromatic heterocycles. The molecule has 0 spiro atoms. The predicted octanol–water partition coefficient (Wildman–Crippen LogP) is 1.15. The first kappa shape index (κ1) is 7.56. The number of hydrogen-bond donors (Lipinski definition) is 1. The van der Waals surface area contributed by atoms with Crippen LogP contribution in [0.1, 0.15) is 19.8 Å². The van der Waals surface area contributed by atoms with Gasteiger partial charge in [-0.05, 0) is 31.3 Å². The van der Waals surface area contributed by atoms with E-state index in [1.165, 1.54) is 6.42 Å². The Kier molecular flexibility index (Phi) is 2.70. The summed E-state index contributed by atoms with van der Waals surface area (Å²) in [5.74, 6) is 1.33. The van der Waals surface area contributed by atoms with E-state index in [2.05, 4.69) is 18.3 Å². The molecule has 10 heavy (non-hydrogen) atoms. The summed E-state index contributed by atoms with van der Waals surface area (Å²) in [5, 5.41) is 11.8. The molecule has 1 rings (SSSR count). The maximum atomic E-state index is 8.46. The number of nitrogens with zero attached hydrogens (tertiary/aromatic N) is 1. The lowest BCUT2D eigenvalue weighted by molar-refractivity contribution is 0.278. The Labute approximate surface area is 62.2 Å². The van der Waals surface area contributed by atoms with Gasteiger partial charge in [-0.25, -0.2) is 0 Å². The van der Waals surface area contributed by atoms with Crippen LogP contribution in [0.3, 0.4) is 0 Å². The van der Waals surface area contributed by atoms with Crippen LogP contribution in [0, 0.1) is 23.2 Å². The van der Waals surface area contributed by atoms with Crippen LogP contribution in [-0.2, 0) is 0 Å². The largest absolute Gasteiger partial charge is 0.316 e. The van der Waals surface area contributed by atoms with E-state index in [4.69, 9.17) is 5.26 Å². The molecule has 0 aromatic rings. The number of nitrogens with one attached hydrogen (secondary N) is 1. The van der Waals surface area contributed by atoms with E-state index in [1.807, 2.05) is 0 Å². The zero-order chi connectivity index (χ0) is 7.40. The highest BCUT2D eigenvalue weighted by Crippen LogP contribution is 2.20. The topological polar surface area (TPSA) is 35.8 Å². The van der Waals surface area contributed by atoms with Crippen LogP contribution >= 0.6 is 0 Å². The first-order valence-electron chi connectivity index (χ1n) is 3.92. The van der Waals surface area contributed by atoms with Gasteiger partial charge in [0.2, 0.25) is 0 Å². The van der Waals surface area contributed by atoms with Crippen molar-refractivity contribution in [3.05, 3.63) is 0 Å². The number of piperidine rings is 1. The van der Waals surface area contributed by atoms with E-state index >= 15 is 0 Å². The Bertz CT molecular complexity index is 137. The molecule has 0 bridgehead atoms. The first-order chi connectivity index (χ1) is 4.84. The molecule has 56 valence electrons. The van der Waals surface area contributed by atoms with Crippen LogP contribution in [-0.4, -0.2) is 13.1 Å². The van der Waals surface area contributed by atoms with Gasteiger partial charge in [-0.15, -0.1) is 0 Å². The molecule has 1 heterocycles. The van der Waals surface area contributed by atoms with Gasteiger partial charge in [-0.2, -0.15) is 5.26 Å². The van der Waals surface area contributed by atoms with Crippen molar-refractivity contribution in [3.63, 3.8) is 0 Å². The summed E-state index contributed by atoms with van der Waals surface area (Å²) in [6.45, 7) is 4.40. The molecule has 1 aliphatic heterocycles. The predicted molar refractivity (Wildman–Crippen MR) is 40.4 cm³/mol. The average molecular weight is 138 g/mol. The van der Waals surface area contributed by atoms with Crippen LogP contribution in [0.5, 0.6) is 0 Å². The molecule has 2 unspecified atom stereocenters. The van der Waals surface area contributed by atoms with Crippen LogP contribution in [0.2, 0.25) is 0 Å². The fourth-order valence-corrected chi connectivity index (χ4v) is 1.44. The van der Waals surface area contributed by atoms with E-state index in [1.54, 1.807) is 0 Å². The van der Waals surface area contributed by atoms with Crippen molar-refractivity contribution in [2.75, 3.05) is 13.1 Å². The lowest BCUT2D eigenvalue weighted by Crippen LogP contribution is -2.35. The zero-order valence-electron chi connectivity index (χ0n) is 6.43. The molecule has 1 fully saturated rings. The Morgan fingerprint density at radius 3 is 3.10 bits per heavy atom. The molecule has 0 saturated carbocycles. The zero-order valence-corrected chi connectivity index (χ0v) is 6.43. The van der Waals surface area contributed by atoms with Crippen molar-refractivity contribution < 1.29 is 0 Å². The molecule has 0 radical (unpaired) electrons. The Hall–Kier alpha value is -0.550. The van der Waals surface area contributed by atoms with Crippen molar-refractivity contribution in [1.29, 1.82) is 5.26 Å². The second-order valence-corrected chi connectivity index (χ2v) is 3.09. The highest BCUT2D eigenvalue weighted by molar-refractivity contribution is 4.83. The normalized spacial score (nSPS) is 33.2. The fourth-order valence-electron chi connectivity index (χ4n) is 1.44. The average Bonchev–Trinajstić information content (AvgIpc) is 1.94. The summed E-state index contributed by atoms with van der Waals surface area (Å²) in [6.07, 6.45) is 1.94. The van der Waals surface area contributed by atoms with E-state index in [9.17, 15) is 0 Å². The molecule has 0 aliphatic carbocycles. The van der Waals surface area contributed by atoms with Gasteiger partial charge < -0.3 is 5.32 Å². The van der Waals surface area contributed by atoms with Crippen LogP contribution < -0.4 is 5.32 Å². The van der Waals surface area contributed by atoms with Gasteiger partial charge in [0.05, 0.1) is 6.07 Å². The minimum atomic E-state index is 0.596. The highest BCUT2D eigenvalue weighted by atomic mass is 14.9. The summed E-state index contributed by atoms with van der Waals surface area (Å²) in [7, 11) is 0. The monoisotopic (exact) mass is 138 g/mol. The van der Waals surface area contributed by atoms with Crippen LogP contribution in [0.25, 0.3) is 0 Å². The number of hydrogen-bond acceptors (Lipinski definition) is 2. The molecular formula is C8H14N2. The van der Waals surface area contributed by atoms with Gasteiger partial charge in [0, 0.05) is 6.42 Å². The molecule has 0 aromatic carbocycles. The summed E-state index contributed by atoms with van der Waals surface area (Å²) in [6, 6.07) is 2.23. The third kappa shape index (κ3) is 1.71. The molecule has 2 nitrogen and oxygen atoms in total. The van der Waals surface area contributed by atoms with Crippen LogP contribution in [0.4, 0.5) is 0 Å². The quantitative estimate of drug-likeness (QED) is 0.590. The van der Waals surface area contributed by atoms with Gasteiger partial charge in [-0.1, -0.05) is 6.92 Å². The molecule has 1 aliphatic rings. The van der Waals surface area contributed by atoms with Crippen molar-refractivity contribution in [1.82, 2.24) is 5.32 Å². The standard InChI is InChI=1S/C8H14N2/c1-7-3-5-10-6-8(7)2-4-9/h7-8,10H,2-3,5-6H2,1H3. The summed E-state index contributed by atoms with van der Waals surface area (Å²) in [5.41, 5.74) is 0. The van der Waals surface area contributed by atoms with Crippen molar-refractivity contribution in [3.8, 4) is 6.07 Å². The van der Waals surface area contributed by atoms with Gasteiger partial charge in [0.1, 0.15) is 0 Å². The van der Waals surface area contributed by atoms with Crippen molar-refractivity contribution in [2.24, 2.45) is 11.8 Å². The SMILES string of the molecule is CC1CCNCC1CC#N. The second kappa shape index (κ2) is 3.58. The maximum Gasteiger partial charge on any atom is 0.0625 e. The summed E-state index contributed by atoms with van der Waals surface area (Å²) in [4.78, 5) is 0. The summed E-state index contributed by atoms with van der Waals surface area (Å²) >= 11 is 0. The highest BCUT2D eigenvalue weighted by Gasteiger charge is 2.19. The van der Waals surface area contributed by atoms with Crippen molar-refractivity contribution in [2.45, 2.75) is 19.8 Å². The number of nitriles is 1. The molecule has 2 heteroatoms. The minimum absolute atomic E-state index is 0.596. The Balaban J connectivity index is 2.34. The summed E-state index contributed by atoms with van der Waals surface area (Å²) < 4.78 is 0. The second-order valence-electron chi connectivity index (χ2n) is 3.09. The minimum Gasteiger partial charge on any atom is -0.316 e. The third-order valence-electron chi connectivity index (χ3n) is 2.34. The van der Waals surface area contributed by atoms with E-state index in [-0.39, 0.29) is 0 Å². The van der Waals surface area contributed by atoms with E-state index < -0.39 is 0 Å². The first-order valence-corrected chi connectivity index (χ1v) is 3.92. The number of rotatable bonds is 1. The molecule has 1 N–H and O–H groups in total. The molecule has 2 atom stereocenters. The fraction of sp³-hybridized carbons (Fsp3) is 0.875. The lowest BCUT2D eigenvalue weighted by Gasteiger charge is -2.27. The Morgan fingerprint density at radius 1 is 1.70 bits per heavy atom. The van der Waals surface area contributed by atoms with Crippen LogP contribution in [0.15, 0.2) is 0 Å². The molecule has 0 amide bonds.